The van der Waals surface area contributed by atoms with Crippen molar-refractivity contribution in [2.45, 2.75) is 45.9 Å². The van der Waals surface area contributed by atoms with E-state index in [4.69, 9.17) is 10.5 Å². The minimum absolute atomic E-state index is 0.300. The smallest absolute Gasteiger partial charge is 0.410 e. The Balaban J connectivity index is 2.10. The van der Waals surface area contributed by atoms with E-state index >= 15 is 0 Å². The lowest BCUT2D eigenvalue weighted by molar-refractivity contribution is 0.0220. The molecule has 1 aromatic rings. The van der Waals surface area contributed by atoms with E-state index in [2.05, 4.69) is 9.97 Å². The topological polar surface area (TPSA) is 81.3 Å². The fraction of sp³-hybridized carbons (Fsp3) is 0.615. The number of fused-ring (bicyclic) bond motifs is 1. The summed E-state index contributed by atoms with van der Waals surface area (Å²) in [5, 5.41) is 0. The molecule has 0 aromatic carbocycles. The first kappa shape index (κ1) is 13.7. The van der Waals surface area contributed by atoms with Gasteiger partial charge in [0.1, 0.15) is 11.4 Å². The van der Waals surface area contributed by atoms with Crippen molar-refractivity contribution in [3.05, 3.63) is 23.3 Å². The van der Waals surface area contributed by atoms with Gasteiger partial charge in [0.2, 0.25) is 0 Å². The van der Waals surface area contributed by atoms with Crippen LogP contribution in [0.1, 0.15) is 37.9 Å². The summed E-state index contributed by atoms with van der Waals surface area (Å²) in [5.74, 6) is 0.602. The minimum atomic E-state index is -0.481. The Kier molecular flexibility index (Phi) is 3.71. The zero-order chi connectivity index (χ0) is 14.0. The van der Waals surface area contributed by atoms with E-state index in [0.717, 1.165) is 17.7 Å². The molecular weight excluding hydrogens is 244 g/mol. The molecule has 0 fully saturated rings. The molecule has 0 bridgehead atoms. The molecule has 1 amide bonds. The molecule has 1 aliphatic rings. The molecule has 19 heavy (non-hydrogen) atoms. The van der Waals surface area contributed by atoms with Gasteiger partial charge in [0.15, 0.2) is 0 Å². The normalized spacial score (nSPS) is 15.1. The molecule has 6 heteroatoms. The highest BCUT2D eigenvalue weighted by molar-refractivity contribution is 5.68. The molecular formula is C13H20N4O2. The van der Waals surface area contributed by atoms with Gasteiger partial charge in [0.05, 0.1) is 18.8 Å². The maximum absolute atomic E-state index is 12.0. The van der Waals surface area contributed by atoms with Crippen molar-refractivity contribution in [3.63, 3.8) is 0 Å². The number of hydrogen-bond acceptors (Lipinski definition) is 5. The maximum Gasteiger partial charge on any atom is 0.410 e. The van der Waals surface area contributed by atoms with E-state index in [1.54, 1.807) is 11.1 Å². The summed E-state index contributed by atoms with van der Waals surface area (Å²) in [7, 11) is 0. The van der Waals surface area contributed by atoms with Gasteiger partial charge in [-0.1, -0.05) is 0 Å². The number of carbonyl (C=O) groups excluding carboxylic acids is 1. The monoisotopic (exact) mass is 264 g/mol. The predicted molar refractivity (Wildman–Crippen MR) is 70.3 cm³/mol. The number of aromatic nitrogens is 2. The van der Waals surface area contributed by atoms with Gasteiger partial charge in [0.25, 0.3) is 0 Å². The van der Waals surface area contributed by atoms with Gasteiger partial charge in [-0.25, -0.2) is 14.8 Å². The summed E-state index contributed by atoms with van der Waals surface area (Å²) in [6.45, 7) is 6.97. The number of ether oxygens (including phenoxy) is 1. The van der Waals surface area contributed by atoms with E-state index in [9.17, 15) is 4.79 Å². The number of nitrogens with zero attached hydrogens (tertiary/aromatic N) is 3. The first-order chi connectivity index (χ1) is 8.89. The van der Waals surface area contributed by atoms with Crippen LogP contribution in [0.3, 0.4) is 0 Å². The number of carbonyl (C=O) groups is 1. The van der Waals surface area contributed by atoms with E-state index in [-0.39, 0.29) is 6.09 Å². The van der Waals surface area contributed by atoms with Crippen LogP contribution >= 0.6 is 0 Å². The predicted octanol–water partition coefficient (Wildman–Crippen LogP) is 1.23. The molecule has 1 aliphatic heterocycles. The van der Waals surface area contributed by atoms with Crippen LogP contribution in [0.4, 0.5) is 4.79 Å². The van der Waals surface area contributed by atoms with Crippen LogP contribution in [0, 0.1) is 0 Å². The lowest BCUT2D eigenvalue weighted by Crippen LogP contribution is -2.40. The Morgan fingerprint density at radius 1 is 1.53 bits per heavy atom. The molecule has 0 radical (unpaired) electrons. The quantitative estimate of drug-likeness (QED) is 0.825. The third kappa shape index (κ3) is 3.41. The minimum Gasteiger partial charge on any atom is -0.444 e. The lowest BCUT2D eigenvalue weighted by Gasteiger charge is -2.30. The average Bonchev–Trinajstić information content (AvgIpc) is 2.35. The molecule has 1 aromatic heterocycles. The number of amides is 1. The fourth-order valence-corrected chi connectivity index (χ4v) is 1.93. The van der Waals surface area contributed by atoms with E-state index in [1.807, 2.05) is 20.8 Å². The Hall–Kier alpha value is -1.69. The van der Waals surface area contributed by atoms with Gasteiger partial charge in [0, 0.05) is 12.7 Å². The third-order valence-corrected chi connectivity index (χ3v) is 2.83. The molecule has 0 saturated carbocycles. The summed E-state index contributed by atoms with van der Waals surface area (Å²) in [6.07, 6.45) is 2.25. The van der Waals surface area contributed by atoms with Crippen LogP contribution in [-0.2, 0) is 24.2 Å². The van der Waals surface area contributed by atoms with Gasteiger partial charge in [-0.3, -0.25) is 0 Å². The van der Waals surface area contributed by atoms with Crippen molar-refractivity contribution in [1.82, 2.24) is 14.9 Å². The first-order valence-corrected chi connectivity index (χ1v) is 6.41. The molecule has 6 nitrogen and oxygen atoms in total. The SMILES string of the molecule is CC(C)(C)OC(=O)N1CCc2cnc(CN)nc2C1. The molecule has 104 valence electrons. The van der Waals surface area contributed by atoms with Gasteiger partial charge >= 0.3 is 6.09 Å². The fourth-order valence-electron chi connectivity index (χ4n) is 1.93. The summed E-state index contributed by atoms with van der Waals surface area (Å²) >= 11 is 0. The van der Waals surface area contributed by atoms with E-state index in [0.29, 0.717) is 25.5 Å². The molecule has 0 unspecified atom stereocenters. The molecule has 0 atom stereocenters. The molecule has 0 spiro atoms. The van der Waals surface area contributed by atoms with Crippen LogP contribution in [0.25, 0.3) is 0 Å². The second kappa shape index (κ2) is 5.13. The molecule has 2 N–H and O–H groups in total. The Morgan fingerprint density at radius 2 is 2.26 bits per heavy atom. The summed E-state index contributed by atoms with van der Waals surface area (Å²) < 4.78 is 5.37. The van der Waals surface area contributed by atoms with Crippen LogP contribution in [0.5, 0.6) is 0 Å². The summed E-state index contributed by atoms with van der Waals surface area (Å²) in [6, 6.07) is 0. The largest absolute Gasteiger partial charge is 0.444 e. The summed E-state index contributed by atoms with van der Waals surface area (Å²) in [5.41, 5.74) is 7.00. The molecule has 0 aliphatic carbocycles. The molecule has 2 heterocycles. The van der Waals surface area contributed by atoms with Crippen molar-refractivity contribution in [3.8, 4) is 0 Å². The highest BCUT2D eigenvalue weighted by Gasteiger charge is 2.26. The van der Waals surface area contributed by atoms with Crippen LogP contribution in [0.2, 0.25) is 0 Å². The van der Waals surface area contributed by atoms with Gasteiger partial charge in [-0.2, -0.15) is 0 Å². The van der Waals surface area contributed by atoms with Crippen LogP contribution in [-0.4, -0.2) is 33.1 Å². The number of hydrogen-bond donors (Lipinski definition) is 1. The highest BCUT2D eigenvalue weighted by Crippen LogP contribution is 2.19. The Labute approximate surface area is 113 Å². The second-order valence-corrected chi connectivity index (χ2v) is 5.61. The molecule has 0 saturated heterocycles. The maximum atomic E-state index is 12.0. The third-order valence-electron chi connectivity index (χ3n) is 2.83. The zero-order valence-corrected chi connectivity index (χ0v) is 11.6. The highest BCUT2D eigenvalue weighted by atomic mass is 16.6. The van der Waals surface area contributed by atoms with Crippen molar-refractivity contribution in [2.24, 2.45) is 5.73 Å². The van der Waals surface area contributed by atoms with E-state index in [1.165, 1.54) is 0 Å². The van der Waals surface area contributed by atoms with Gasteiger partial charge in [-0.15, -0.1) is 0 Å². The Morgan fingerprint density at radius 3 is 2.89 bits per heavy atom. The van der Waals surface area contributed by atoms with Crippen molar-refractivity contribution in [1.29, 1.82) is 0 Å². The van der Waals surface area contributed by atoms with Crippen molar-refractivity contribution < 1.29 is 9.53 Å². The Bertz CT molecular complexity index is 482. The lowest BCUT2D eigenvalue weighted by atomic mass is 10.1. The van der Waals surface area contributed by atoms with Gasteiger partial charge < -0.3 is 15.4 Å². The summed E-state index contributed by atoms with van der Waals surface area (Å²) in [4.78, 5) is 22.2. The van der Waals surface area contributed by atoms with Crippen LogP contribution in [0.15, 0.2) is 6.20 Å². The number of nitrogens with two attached hydrogens (primary N) is 1. The van der Waals surface area contributed by atoms with Crippen molar-refractivity contribution in [2.75, 3.05) is 6.54 Å². The van der Waals surface area contributed by atoms with Gasteiger partial charge in [-0.05, 0) is 32.8 Å². The zero-order valence-electron chi connectivity index (χ0n) is 11.6. The second-order valence-electron chi connectivity index (χ2n) is 5.61. The van der Waals surface area contributed by atoms with E-state index < -0.39 is 5.60 Å². The molecule has 2 rings (SSSR count). The van der Waals surface area contributed by atoms with Crippen LogP contribution < -0.4 is 5.73 Å². The first-order valence-electron chi connectivity index (χ1n) is 6.41. The standard InChI is InChI=1S/C13H20N4O2/c1-13(2,3)19-12(18)17-5-4-9-7-15-11(6-14)16-10(9)8-17/h7H,4-6,8,14H2,1-3H3. The van der Waals surface area contributed by atoms with Crippen molar-refractivity contribution >= 4 is 6.09 Å². The number of rotatable bonds is 1. The average molecular weight is 264 g/mol.